The molecular weight excluding hydrogens is 440 g/mol. The second kappa shape index (κ2) is 7.35. The number of aliphatic hydroxyl groups is 3. The van der Waals surface area contributed by atoms with Crippen LogP contribution in [0.25, 0.3) is 0 Å². The predicted octanol–water partition coefficient (Wildman–Crippen LogP) is 5.18. The highest BCUT2D eigenvalue weighted by molar-refractivity contribution is 5.76. The van der Waals surface area contributed by atoms with Crippen LogP contribution in [0.5, 0.6) is 0 Å². The Morgan fingerprint density at radius 2 is 1.51 bits per heavy atom. The van der Waals surface area contributed by atoms with Crippen molar-refractivity contribution in [2.75, 3.05) is 0 Å². The zero-order valence-corrected chi connectivity index (χ0v) is 22.9. The van der Waals surface area contributed by atoms with Crippen LogP contribution in [0.3, 0.4) is 0 Å². The largest absolute Gasteiger partial charge is 0.481 e. The summed E-state index contributed by atoms with van der Waals surface area (Å²) >= 11 is 0. The Kier molecular flexibility index (Phi) is 5.40. The van der Waals surface area contributed by atoms with E-state index in [9.17, 15) is 25.2 Å². The molecule has 0 aliphatic heterocycles. The van der Waals surface area contributed by atoms with Crippen molar-refractivity contribution in [3.63, 3.8) is 0 Å². The van der Waals surface area contributed by atoms with Crippen LogP contribution in [0.4, 0.5) is 0 Å². The van der Waals surface area contributed by atoms with E-state index in [2.05, 4.69) is 54.5 Å². The first-order valence-corrected chi connectivity index (χ1v) is 14.0. The first-order chi connectivity index (χ1) is 16.0. The maximum absolute atomic E-state index is 12.8. The van der Waals surface area contributed by atoms with Gasteiger partial charge in [0.15, 0.2) is 0 Å². The van der Waals surface area contributed by atoms with Gasteiger partial charge in [-0.25, -0.2) is 0 Å². The topological polar surface area (TPSA) is 98.0 Å². The molecule has 4 saturated carbocycles. The normalized spacial score (nSPS) is 54.4. The predicted molar refractivity (Wildman–Crippen MR) is 135 cm³/mol. The molecule has 0 saturated heterocycles. The Bertz CT molecular complexity index is 952. The summed E-state index contributed by atoms with van der Waals surface area (Å²) in [6, 6.07) is 0. The summed E-state index contributed by atoms with van der Waals surface area (Å²) in [5, 5.41) is 44.3. The van der Waals surface area contributed by atoms with Gasteiger partial charge < -0.3 is 20.4 Å². The summed E-state index contributed by atoms with van der Waals surface area (Å²) in [6.45, 7) is 15.6. The van der Waals surface area contributed by atoms with E-state index in [1.807, 2.05) is 0 Å². The first kappa shape index (κ1) is 25.7. The average molecular weight is 489 g/mol. The molecule has 0 aromatic heterocycles. The van der Waals surface area contributed by atoms with Gasteiger partial charge in [0.1, 0.15) is 0 Å². The van der Waals surface area contributed by atoms with E-state index in [1.54, 1.807) is 0 Å². The van der Waals surface area contributed by atoms with Crippen molar-refractivity contribution in [3.8, 4) is 0 Å². The Hall–Kier alpha value is -0.910. The summed E-state index contributed by atoms with van der Waals surface area (Å²) < 4.78 is 0. The van der Waals surface area contributed by atoms with Crippen LogP contribution in [-0.4, -0.2) is 44.7 Å². The number of carbonyl (C=O) groups is 1. The first-order valence-electron chi connectivity index (χ1n) is 14.0. The maximum Gasteiger partial charge on any atom is 0.310 e. The fourth-order valence-electron chi connectivity index (χ4n) is 10.9. The molecule has 4 fully saturated rings. The SMILES string of the molecule is CC1(C)CC[C@]2(C(=O)O)CC[C@]3(C)C(=C[C@H](O)[C@@H]4[C@@]5(C)C[C@@H](O)[C@H](O)C(C)(C)C5CC[C@]43C)[C@H]2C1. The van der Waals surface area contributed by atoms with E-state index in [4.69, 9.17) is 0 Å². The van der Waals surface area contributed by atoms with Crippen molar-refractivity contribution < 1.29 is 25.2 Å². The molecular formula is C30H48O5. The van der Waals surface area contributed by atoms with Crippen molar-refractivity contribution in [1.29, 1.82) is 0 Å². The van der Waals surface area contributed by atoms with Gasteiger partial charge in [0, 0.05) is 5.92 Å². The highest BCUT2D eigenvalue weighted by Gasteiger charge is 2.71. The molecule has 5 rings (SSSR count). The van der Waals surface area contributed by atoms with Crippen LogP contribution < -0.4 is 0 Å². The van der Waals surface area contributed by atoms with E-state index in [0.717, 1.165) is 32.1 Å². The van der Waals surface area contributed by atoms with Crippen LogP contribution >= 0.6 is 0 Å². The molecule has 0 bridgehead atoms. The minimum Gasteiger partial charge on any atom is -0.481 e. The minimum atomic E-state index is -0.802. The average Bonchev–Trinajstić information content (AvgIpc) is 2.72. The lowest BCUT2D eigenvalue weighted by atomic mass is 9.33. The lowest BCUT2D eigenvalue weighted by molar-refractivity contribution is -0.248. The zero-order valence-electron chi connectivity index (χ0n) is 22.9. The minimum absolute atomic E-state index is 0.0437. The Balaban J connectivity index is 1.65. The van der Waals surface area contributed by atoms with Crippen molar-refractivity contribution in [2.45, 2.75) is 118 Å². The Morgan fingerprint density at radius 3 is 2.14 bits per heavy atom. The number of carboxylic acids is 1. The van der Waals surface area contributed by atoms with Gasteiger partial charge in [-0.2, -0.15) is 0 Å². The molecule has 0 aromatic carbocycles. The second-order valence-corrected chi connectivity index (χ2v) is 15.4. The number of carboxylic acid groups (broad SMARTS) is 1. The Morgan fingerprint density at radius 1 is 0.886 bits per heavy atom. The van der Waals surface area contributed by atoms with Crippen LogP contribution in [0, 0.1) is 50.2 Å². The van der Waals surface area contributed by atoms with Gasteiger partial charge in [-0.05, 0) is 90.3 Å². The van der Waals surface area contributed by atoms with E-state index in [-0.39, 0.29) is 39.4 Å². The van der Waals surface area contributed by atoms with Crippen LogP contribution in [-0.2, 0) is 4.79 Å². The number of allylic oxidation sites excluding steroid dienone is 1. The second-order valence-electron chi connectivity index (χ2n) is 15.4. The summed E-state index contributed by atoms with van der Waals surface area (Å²) in [5.74, 6) is -0.548. The number of rotatable bonds is 1. The van der Waals surface area contributed by atoms with Crippen LogP contribution in [0.2, 0.25) is 0 Å². The molecule has 4 N–H and O–H groups in total. The number of hydrogen-bond acceptors (Lipinski definition) is 4. The Labute approximate surface area is 211 Å². The summed E-state index contributed by atoms with van der Waals surface area (Å²) in [4.78, 5) is 12.8. The summed E-state index contributed by atoms with van der Waals surface area (Å²) in [7, 11) is 0. The number of aliphatic hydroxyl groups excluding tert-OH is 3. The van der Waals surface area contributed by atoms with Gasteiger partial charge in [-0.15, -0.1) is 0 Å². The molecule has 198 valence electrons. The fraction of sp³-hybridized carbons (Fsp3) is 0.900. The fourth-order valence-corrected chi connectivity index (χ4v) is 10.9. The number of hydrogen-bond donors (Lipinski definition) is 4. The van der Waals surface area contributed by atoms with Crippen molar-refractivity contribution >= 4 is 5.97 Å². The highest BCUT2D eigenvalue weighted by Crippen LogP contribution is 2.75. The van der Waals surface area contributed by atoms with Crippen molar-refractivity contribution in [1.82, 2.24) is 0 Å². The smallest absolute Gasteiger partial charge is 0.310 e. The third kappa shape index (κ3) is 3.07. The molecule has 0 heterocycles. The van der Waals surface area contributed by atoms with E-state index < -0.39 is 35.1 Å². The maximum atomic E-state index is 12.8. The molecule has 0 spiro atoms. The molecule has 5 aliphatic rings. The quantitative estimate of drug-likeness (QED) is 0.382. The van der Waals surface area contributed by atoms with Gasteiger partial charge in [-0.3, -0.25) is 4.79 Å². The van der Waals surface area contributed by atoms with Crippen LogP contribution in [0.15, 0.2) is 11.6 Å². The highest BCUT2D eigenvalue weighted by atomic mass is 16.4. The van der Waals surface area contributed by atoms with Gasteiger partial charge in [0.2, 0.25) is 0 Å². The standard InChI is InChI=1S/C30H48O5/c1-25(2)10-12-30(24(34)35)13-11-28(6)17(18(30)15-25)14-19(31)22-27(5)16-20(32)23(33)26(3,4)21(27)8-9-29(22,28)7/h14,18-23,31-33H,8-13,15-16H2,1-7H3,(H,34,35)/t18-,19+,20-,21?,22-,23+,27+,28-,29-,30+/m1/s1. The van der Waals surface area contributed by atoms with Crippen molar-refractivity contribution in [2.24, 2.45) is 50.2 Å². The molecule has 0 amide bonds. The lowest BCUT2D eigenvalue weighted by Crippen LogP contribution is -2.69. The third-order valence-electron chi connectivity index (χ3n) is 13.0. The molecule has 35 heavy (non-hydrogen) atoms. The van der Waals surface area contributed by atoms with E-state index in [1.165, 1.54) is 5.57 Å². The summed E-state index contributed by atoms with van der Waals surface area (Å²) in [6.07, 6.45) is 6.25. The molecule has 0 aromatic rings. The monoisotopic (exact) mass is 488 g/mol. The number of aliphatic carboxylic acids is 1. The van der Waals surface area contributed by atoms with E-state index >= 15 is 0 Å². The van der Waals surface area contributed by atoms with Gasteiger partial charge in [-0.1, -0.05) is 60.1 Å². The molecule has 5 nitrogen and oxygen atoms in total. The summed E-state index contributed by atoms with van der Waals surface area (Å²) in [5.41, 5.74) is -0.577. The van der Waals surface area contributed by atoms with Gasteiger partial charge >= 0.3 is 5.97 Å². The van der Waals surface area contributed by atoms with Crippen molar-refractivity contribution in [3.05, 3.63) is 11.6 Å². The van der Waals surface area contributed by atoms with Gasteiger partial charge in [0.25, 0.3) is 0 Å². The third-order valence-corrected chi connectivity index (χ3v) is 13.0. The molecule has 5 aliphatic carbocycles. The van der Waals surface area contributed by atoms with Gasteiger partial charge in [0.05, 0.1) is 23.7 Å². The molecule has 1 unspecified atom stereocenters. The number of fused-ring (bicyclic) bond motifs is 7. The molecule has 10 atom stereocenters. The molecule has 5 heteroatoms. The van der Waals surface area contributed by atoms with Crippen LogP contribution in [0.1, 0.15) is 99.8 Å². The van der Waals surface area contributed by atoms with E-state index in [0.29, 0.717) is 19.3 Å². The zero-order chi connectivity index (χ0) is 26.0. The molecule has 0 radical (unpaired) electrons. The lowest BCUT2D eigenvalue weighted by Gasteiger charge is -2.72.